The van der Waals surface area contributed by atoms with Gasteiger partial charge in [-0.25, -0.2) is 0 Å². The minimum atomic E-state index is -0.0397. The Balaban J connectivity index is 1.41. The Morgan fingerprint density at radius 1 is 1.17 bits per heavy atom. The van der Waals surface area contributed by atoms with Gasteiger partial charge in [-0.1, -0.05) is 76.2 Å². The van der Waals surface area contributed by atoms with Crippen molar-refractivity contribution in [1.82, 2.24) is 4.90 Å². The van der Waals surface area contributed by atoms with Crippen LogP contribution in [0.5, 0.6) is 0 Å². The van der Waals surface area contributed by atoms with Gasteiger partial charge < -0.3 is 5.32 Å². The summed E-state index contributed by atoms with van der Waals surface area (Å²) in [5.41, 5.74) is 2.94. The van der Waals surface area contributed by atoms with Gasteiger partial charge in [0.1, 0.15) is 4.32 Å². The number of thiocarbonyl (C=S) groups is 1. The monoisotopic (exact) mass is 502 g/mol. The number of amides is 2. The topological polar surface area (TPSA) is 49.4 Å². The van der Waals surface area contributed by atoms with Gasteiger partial charge in [-0.2, -0.15) is 0 Å². The average Bonchev–Trinajstić information content (AvgIpc) is 2.96. The second-order valence-electron chi connectivity index (χ2n) is 7.11. The third-order valence-corrected chi connectivity index (χ3v) is 6.51. The molecule has 30 heavy (non-hydrogen) atoms. The van der Waals surface area contributed by atoms with Gasteiger partial charge in [0.15, 0.2) is 0 Å². The molecule has 0 atom stereocenters. The number of benzene rings is 2. The number of thioether (sulfide) groups is 1. The Bertz CT molecular complexity index is 973. The van der Waals surface area contributed by atoms with E-state index in [4.69, 9.17) is 12.2 Å². The molecule has 0 spiro atoms. The first-order valence-corrected chi connectivity index (χ1v) is 11.8. The van der Waals surface area contributed by atoms with E-state index in [0.717, 1.165) is 40.5 Å². The van der Waals surface area contributed by atoms with Crippen LogP contribution in [0, 0.1) is 6.92 Å². The van der Waals surface area contributed by atoms with Crippen molar-refractivity contribution < 1.29 is 9.59 Å². The Morgan fingerprint density at radius 2 is 1.93 bits per heavy atom. The number of hydrogen-bond acceptors (Lipinski definition) is 4. The van der Waals surface area contributed by atoms with Crippen LogP contribution in [0.15, 0.2) is 57.9 Å². The molecule has 0 bridgehead atoms. The number of anilines is 1. The van der Waals surface area contributed by atoms with E-state index >= 15 is 0 Å². The molecule has 7 heteroatoms. The average molecular weight is 503 g/mol. The predicted octanol–water partition coefficient (Wildman–Crippen LogP) is 6.16. The minimum absolute atomic E-state index is 0.0152. The number of hydrogen-bond donors (Lipinski definition) is 1. The Hall–Kier alpha value is -1.96. The maximum absolute atomic E-state index is 12.7. The van der Waals surface area contributed by atoms with Gasteiger partial charge in [-0.3, -0.25) is 14.5 Å². The molecule has 2 aromatic rings. The first-order chi connectivity index (χ1) is 14.4. The highest BCUT2D eigenvalue weighted by atomic mass is 79.9. The van der Waals surface area contributed by atoms with Crippen LogP contribution < -0.4 is 5.32 Å². The summed E-state index contributed by atoms with van der Waals surface area (Å²) in [5.74, 6) is -0.0245. The lowest BCUT2D eigenvalue weighted by atomic mass is 10.1. The molecule has 156 valence electrons. The Labute approximate surface area is 195 Å². The number of rotatable bonds is 8. The van der Waals surface area contributed by atoms with Crippen LogP contribution in [0.25, 0.3) is 6.08 Å². The van der Waals surface area contributed by atoms with Gasteiger partial charge in [0.2, 0.25) is 5.91 Å². The Morgan fingerprint density at radius 3 is 2.67 bits per heavy atom. The van der Waals surface area contributed by atoms with Crippen molar-refractivity contribution in [3.63, 3.8) is 0 Å². The van der Waals surface area contributed by atoms with E-state index in [0.29, 0.717) is 22.2 Å². The number of carbonyl (C=O) groups is 2. The van der Waals surface area contributed by atoms with Gasteiger partial charge in [0.05, 0.1) is 4.91 Å². The van der Waals surface area contributed by atoms with Crippen LogP contribution in [-0.4, -0.2) is 27.6 Å². The molecule has 0 aromatic heterocycles. The molecule has 1 saturated heterocycles. The van der Waals surface area contributed by atoms with Crippen molar-refractivity contribution in [1.29, 1.82) is 0 Å². The Kier molecular flexibility index (Phi) is 8.24. The van der Waals surface area contributed by atoms with Crippen LogP contribution in [-0.2, 0) is 9.59 Å². The zero-order valence-corrected chi connectivity index (χ0v) is 19.9. The summed E-state index contributed by atoms with van der Waals surface area (Å²) >= 11 is 10.2. The van der Waals surface area contributed by atoms with Gasteiger partial charge in [0.25, 0.3) is 5.91 Å². The summed E-state index contributed by atoms with van der Waals surface area (Å²) in [7, 11) is 0. The molecule has 0 aliphatic carbocycles. The number of nitrogens with zero attached hydrogens (tertiary/aromatic N) is 1. The van der Waals surface area contributed by atoms with Crippen molar-refractivity contribution in [2.45, 2.75) is 32.6 Å². The van der Waals surface area contributed by atoms with Crippen LogP contribution in [0.2, 0.25) is 0 Å². The fourth-order valence-corrected chi connectivity index (χ4v) is 4.76. The van der Waals surface area contributed by atoms with E-state index in [1.807, 2.05) is 61.5 Å². The van der Waals surface area contributed by atoms with Crippen LogP contribution >= 0.6 is 39.9 Å². The number of unbranched alkanes of at least 4 members (excludes halogenated alkanes) is 2. The van der Waals surface area contributed by atoms with Crippen LogP contribution in [0.4, 0.5) is 5.69 Å². The van der Waals surface area contributed by atoms with Crippen molar-refractivity contribution in [3.05, 3.63) is 69.0 Å². The summed E-state index contributed by atoms with van der Waals surface area (Å²) in [4.78, 5) is 27.0. The predicted molar refractivity (Wildman–Crippen MR) is 132 cm³/mol. The van der Waals surface area contributed by atoms with Gasteiger partial charge in [-0.05, 0) is 55.7 Å². The number of halogens is 1. The van der Waals surface area contributed by atoms with Gasteiger partial charge in [0, 0.05) is 23.1 Å². The first kappa shape index (κ1) is 22.7. The van der Waals surface area contributed by atoms with Crippen molar-refractivity contribution in [2.75, 3.05) is 11.9 Å². The molecule has 1 aliphatic heterocycles. The summed E-state index contributed by atoms with van der Waals surface area (Å²) in [5, 5.41) is 2.91. The van der Waals surface area contributed by atoms with Crippen molar-refractivity contribution in [3.8, 4) is 0 Å². The molecule has 3 rings (SSSR count). The lowest BCUT2D eigenvalue weighted by molar-refractivity contribution is -0.122. The van der Waals surface area contributed by atoms with Gasteiger partial charge in [-0.15, -0.1) is 0 Å². The molecule has 0 unspecified atom stereocenters. The molecular formula is C23H23BrN2O2S2. The molecule has 1 heterocycles. The largest absolute Gasteiger partial charge is 0.326 e. The second-order valence-corrected chi connectivity index (χ2v) is 9.70. The van der Waals surface area contributed by atoms with E-state index in [1.165, 1.54) is 11.8 Å². The molecule has 0 radical (unpaired) electrons. The molecule has 4 nitrogen and oxygen atoms in total. The van der Waals surface area contributed by atoms with E-state index in [-0.39, 0.29) is 11.8 Å². The second kappa shape index (κ2) is 10.9. The fraction of sp³-hybridized carbons (Fsp3) is 0.261. The highest BCUT2D eigenvalue weighted by Crippen LogP contribution is 2.33. The smallest absolute Gasteiger partial charge is 0.266 e. The quantitative estimate of drug-likeness (QED) is 0.266. The number of nitrogens with one attached hydrogen (secondary N) is 1. The molecule has 2 amide bonds. The van der Waals surface area contributed by atoms with E-state index in [1.54, 1.807) is 4.90 Å². The SMILES string of the molecule is Cc1ccc(NC(=O)CCCCCN2C(=O)/C(=C/c3cccc(Br)c3)SC2=S)cc1. The third-order valence-electron chi connectivity index (χ3n) is 4.64. The number of aryl methyl sites for hydroxylation is 1. The standard InChI is InChI=1S/C23H23BrN2O2S2/c1-16-9-11-19(12-10-16)25-21(27)8-3-2-4-13-26-22(28)20(30-23(26)29)15-17-6-5-7-18(24)14-17/h5-7,9-12,14-15H,2-4,8,13H2,1H3,(H,25,27)/b20-15-. The van der Waals surface area contributed by atoms with Crippen LogP contribution in [0.1, 0.15) is 36.8 Å². The summed E-state index contributed by atoms with van der Waals surface area (Å²) in [6, 6.07) is 15.6. The highest BCUT2D eigenvalue weighted by molar-refractivity contribution is 9.10. The third kappa shape index (κ3) is 6.52. The van der Waals surface area contributed by atoms with E-state index in [9.17, 15) is 9.59 Å². The van der Waals surface area contributed by atoms with E-state index < -0.39 is 0 Å². The first-order valence-electron chi connectivity index (χ1n) is 9.80. The molecule has 1 fully saturated rings. The molecular weight excluding hydrogens is 480 g/mol. The molecule has 1 aliphatic rings. The summed E-state index contributed by atoms with van der Waals surface area (Å²) in [6.07, 6.45) is 4.80. The lowest BCUT2D eigenvalue weighted by Crippen LogP contribution is -2.29. The summed E-state index contributed by atoms with van der Waals surface area (Å²) in [6.45, 7) is 2.60. The van der Waals surface area contributed by atoms with Gasteiger partial charge >= 0.3 is 0 Å². The number of carbonyl (C=O) groups excluding carboxylic acids is 2. The zero-order valence-electron chi connectivity index (χ0n) is 16.7. The minimum Gasteiger partial charge on any atom is -0.326 e. The lowest BCUT2D eigenvalue weighted by Gasteiger charge is -2.14. The zero-order chi connectivity index (χ0) is 21.5. The maximum Gasteiger partial charge on any atom is 0.266 e. The summed E-state index contributed by atoms with van der Waals surface area (Å²) < 4.78 is 1.57. The highest BCUT2D eigenvalue weighted by Gasteiger charge is 2.31. The van der Waals surface area contributed by atoms with Crippen LogP contribution in [0.3, 0.4) is 0 Å². The maximum atomic E-state index is 12.7. The normalized spacial score (nSPS) is 15.1. The van der Waals surface area contributed by atoms with E-state index in [2.05, 4.69) is 21.2 Å². The fourth-order valence-electron chi connectivity index (χ4n) is 3.03. The molecule has 1 N–H and O–H groups in total. The van der Waals surface area contributed by atoms with Crippen molar-refractivity contribution >= 4 is 67.8 Å². The molecule has 0 saturated carbocycles. The van der Waals surface area contributed by atoms with Crippen molar-refractivity contribution in [2.24, 2.45) is 0 Å². The molecule has 2 aromatic carbocycles.